The predicted octanol–water partition coefficient (Wildman–Crippen LogP) is 5.65. The van der Waals surface area contributed by atoms with Crippen LogP contribution in [0.5, 0.6) is 11.5 Å². The van der Waals surface area contributed by atoms with Gasteiger partial charge >= 0.3 is 0 Å². The van der Waals surface area contributed by atoms with Crippen molar-refractivity contribution in [3.05, 3.63) is 72.6 Å². The van der Waals surface area contributed by atoms with E-state index in [4.69, 9.17) is 4.74 Å². The summed E-state index contributed by atoms with van der Waals surface area (Å²) in [6, 6.07) is 18.4. The first-order chi connectivity index (χ1) is 12.3. The van der Waals surface area contributed by atoms with Crippen LogP contribution < -0.4 is 10.1 Å². The molecule has 1 unspecified atom stereocenters. The minimum absolute atomic E-state index is 0.269. The highest BCUT2D eigenvalue weighted by Crippen LogP contribution is 2.27. The van der Waals surface area contributed by atoms with Gasteiger partial charge in [0, 0.05) is 12.7 Å². The minimum Gasteiger partial charge on any atom is -0.457 e. The molecule has 0 saturated heterocycles. The number of nitrogens with one attached hydrogen (secondary N) is 1. The molecule has 0 radical (unpaired) electrons. The normalized spacial score (nSPS) is 11.9. The number of aromatic nitrogens is 2. The van der Waals surface area contributed by atoms with Crippen LogP contribution in [-0.4, -0.2) is 9.78 Å². The van der Waals surface area contributed by atoms with Gasteiger partial charge in [0.05, 0.1) is 17.9 Å². The zero-order valence-corrected chi connectivity index (χ0v) is 14.9. The quantitative estimate of drug-likeness (QED) is 0.578. The minimum atomic E-state index is 0.269. The number of hydrogen-bond acceptors (Lipinski definition) is 3. The van der Waals surface area contributed by atoms with E-state index in [0.29, 0.717) is 0 Å². The SMILES string of the molecule is CCCC(Nc1cnn(CC)c1)c1ccc(Oc2ccccc2)cc1. The summed E-state index contributed by atoms with van der Waals surface area (Å²) >= 11 is 0. The molecule has 0 amide bonds. The molecule has 0 aliphatic rings. The Kier molecular flexibility index (Phi) is 5.73. The van der Waals surface area contributed by atoms with Crippen molar-refractivity contribution in [2.24, 2.45) is 0 Å². The summed E-state index contributed by atoms with van der Waals surface area (Å²) in [4.78, 5) is 0. The van der Waals surface area contributed by atoms with E-state index >= 15 is 0 Å². The van der Waals surface area contributed by atoms with E-state index in [0.717, 1.165) is 36.6 Å². The Bertz CT molecular complexity index is 765. The van der Waals surface area contributed by atoms with Gasteiger partial charge in [-0.25, -0.2) is 0 Å². The Labute approximate surface area is 149 Å². The summed E-state index contributed by atoms with van der Waals surface area (Å²) in [7, 11) is 0. The number of para-hydroxylation sites is 1. The lowest BCUT2D eigenvalue weighted by atomic mass is 10.0. The highest BCUT2D eigenvalue weighted by molar-refractivity contribution is 5.43. The molecule has 3 aromatic rings. The number of rotatable bonds is 8. The van der Waals surface area contributed by atoms with Crippen molar-refractivity contribution in [2.75, 3.05) is 5.32 Å². The third kappa shape index (κ3) is 4.63. The molecule has 0 saturated carbocycles. The zero-order chi connectivity index (χ0) is 17.5. The van der Waals surface area contributed by atoms with Crippen molar-refractivity contribution in [3.63, 3.8) is 0 Å². The molecule has 0 bridgehead atoms. The molecule has 4 nitrogen and oxygen atoms in total. The fourth-order valence-corrected chi connectivity index (χ4v) is 2.82. The van der Waals surface area contributed by atoms with Crippen molar-refractivity contribution in [3.8, 4) is 11.5 Å². The van der Waals surface area contributed by atoms with Gasteiger partial charge in [-0.2, -0.15) is 5.10 Å². The van der Waals surface area contributed by atoms with Gasteiger partial charge < -0.3 is 10.1 Å². The van der Waals surface area contributed by atoms with Gasteiger partial charge in [-0.1, -0.05) is 43.7 Å². The molecule has 0 aliphatic carbocycles. The topological polar surface area (TPSA) is 39.1 Å². The first-order valence-electron chi connectivity index (χ1n) is 8.90. The molecule has 1 N–H and O–H groups in total. The van der Waals surface area contributed by atoms with Crippen LogP contribution in [0.1, 0.15) is 38.3 Å². The highest BCUT2D eigenvalue weighted by atomic mass is 16.5. The molecule has 3 rings (SSSR count). The molecule has 0 aliphatic heterocycles. The van der Waals surface area contributed by atoms with E-state index < -0.39 is 0 Å². The summed E-state index contributed by atoms with van der Waals surface area (Å²) in [6.45, 7) is 5.18. The molecule has 2 aromatic carbocycles. The molecule has 1 aromatic heterocycles. The lowest BCUT2D eigenvalue weighted by Crippen LogP contribution is -2.10. The van der Waals surface area contributed by atoms with E-state index in [1.807, 2.05) is 53.3 Å². The van der Waals surface area contributed by atoms with Crippen molar-refractivity contribution < 1.29 is 4.74 Å². The van der Waals surface area contributed by atoms with Gasteiger partial charge in [0.2, 0.25) is 0 Å². The van der Waals surface area contributed by atoms with E-state index in [2.05, 4.69) is 42.6 Å². The van der Waals surface area contributed by atoms with Gasteiger partial charge in [0.25, 0.3) is 0 Å². The lowest BCUT2D eigenvalue weighted by Gasteiger charge is -2.19. The number of hydrogen-bond donors (Lipinski definition) is 1. The summed E-state index contributed by atoms with van der Waals surface area (Å²) < 4.78 is 7.81. The first kappa shape index (κ1) is 17.1. The average molecular weight is 335 g/mol. The molecule has 0 fully saturated rings. The fraction of sp³-hybridized carbons (Fsp3) is 0.286. The zero-order valence-electron chi connectivity index (χ0n) is 14.9. The maximum atomic E-state index is 5.88. The predicted molar refractivity (Wildman–Crippen MR) is 102 cm³/mol. The van der Waals surface area contributed by atoms with Crippen LogP contribution in [-0.2, 0) is 6.54 Å². The Morgan fingerprint density at radius 3 is 2.36 bits per heavy atom. The third-order valence-electron chi connectivity index (χ3n) is 4.14. The van der Waals surface area contributed by atoms with Crippen molar-refractivity contribution in [1.82, 2.24) is 9.78 Å². The van der Waals surface area contributed by atoms with Crippen LogP contribution in [0.2, 0.25) is 0 Å². The molecule has 130 valence electrons. The number of anilines is 1. The highest BCUT2D eigenvalue weighted by Gasteiger charge is 2.12. The van der Waals surface area contributed by atoms with Gasteiger partial charge in [-0.05, 0) is 43.2 Å². The Hall–Kier alpha value is -2.75. The van der Waals surface area contributed by atoms with Crippen LogP contribution in [0.25, 0.3) is 0 Å². The van der Waals surface area contributed by atoms with Crippen LogP contribution in [0.4, 0.5) is 5.69 Å². The molecule has 1 atom stereocenters. The Balaban J connectivity index is 1.70. The number of aryl methyl sites for hydroxylation is 1. The smallest absolute Gasteiger partial charge is 0.127 e. The summed E-state index contributed by atoms with van der Waals surface area (Å²) in [5.41, 5.74) is 2.32. The van der Waals surface area contributed by atoms with E-state index in [9.17, 15) is 0 Å². The summed E-state index contributed by atoms with van der Waals surface area (Å²) in [5, 5.41) is 7.93. The number of ether oxygens (including phenoxy) is 1. The van der Waals surface area contributed by atoms with Crippen LogP contribution >= 0.6 is 0 Å². The monoisotopic (exact) mass is 335 g/mol. The largest absolute Gasteiger partial charge is 0.457 e. The molecular formula is C21H25N3O. The van der Waals surface area contributed by atoms with Crippen molar-refractivity contribution >= 4 is 5.69 Å². The second kappa shape index (κ2) is 8.38. The fourth-order valence-electron chi connectivity index (χ4n) is 2.82. The standard InChI is InChI=1S/C21H25N3O/c1-3-8-21(23-18-15-22-24(4-2)16-18)17-11-13-20(14-12-17)25-19-9-6-5-7-10-19/h5-7,9-16,21,23H,3-4,8H2,1-2H3. The summed E-state index contributed by atoms with van der Waals surface area (Å²) in [5.74, 6) is 1.70. The average Bonchev–Trinajstić information content (AvgIpc) is 3.11. The molecule has 1 heterocycles. The number of nitrogens with zero attached hydrogens (tertiary/aromatic N) is 2. The van der Waals surface area contributed by atoms with Crippen molar-refractivity contribution in [2.45, 2.75) is 39.3 Å². The van der Waals surface area contributed by atoms with Crippen LogP contribution in [0.15, 0.2) is 67.0 Å². The second-order valence-electron chi connectivity index (χ2n) is 6.05. The van der Waals surface area contributed by atoms with Gasteiger partial charge in [0.1, 0.15) is 11.5 Å². The van der Waals surface area contributed by atoms with Gasteiger partial charge in [-0.3, -0.25) is 4.68 Å². The Morgan fingerprint density at radius 2 is 1.72 bits per heavy atom. The molecule has 25 heavy (non-hydrogen) atoms. The van der Waals surface area contributed by atoms with Gasteiger partial charge in [-0.15, -0.1) is 0 Å². The second-order valence-corrected chi connectivity index (χ2v) is 6.05. The van der Waals surface area contributed by atoms with Crippen molar-refractivity contribution in [1.29, 1.82) is 0 Å². The Morgan fingerprint density at radius 1 is 1.00 bits per heavy atom. The molecular weight excluding hydrogens is 310 g/mol. The number of benzene rings is 2. The van der Waals surface area contributed by atoms with Gasteiger partial charge in [0.15, 0.2) is 0 Å². The van der Waals surface area contributed by atoms with E-state index in [1.54, 1.807) is 0 Å². The lowest BCUT2D eigenvalue weighted by molar-refractivity contribution is 0.482. The van der Waals surface area contributed by atoms with E-state index in [-0.39, 0.29) is 6.04 Å². The maximum Gasteiger partial charge on any atom is 0.127 e. The first-order valence-corrected chi connectivity index (χ1v) is 8.90. The van der Waals surface area contributed by atoms with E-state index in [1.165, 1.54) is 5.56 Å². The third-order valence-corrected chi connectivity index (χ3v) is 4.14. The van der Waals surface area contributed by atoms with Crippen LogP contribution in [0.3, 0.4) is 0 Å². The maximum absolute atomic E-state index is 5.88. The summed E-state index contributed by atoms with van der Waals surface area (Å²) in [6.07, 6.45) is 6.12. The van der Waals surface area contributed by atoms with Crippen LogP contribution in [0, 0.1) is 0 Å². The molecule has 4 heteroatoms. The molecule has 0 spiro atoms.